The first-order chi connectivity index (χ1) is 8.88. The summed E-state index contributed by atoms with van der Waals surface area (Å²) in [5.74, 6) is 2.09. The highest BCUT2D eigenvalue weighted by atomic mass is 16.5. The molecule has 1 aliphatic heterocycles. The van der Waals surface area contributed by atoms with Gasteiger partial charge in [0.25, 0.3) is 0 Å². The number of hydrogen-bond donors (Lipinski definition) is 1. The molecule has 2 heterocycles. The molecule has 108 valence electrons. The van der Waals surface area contributed by atoms with Crippen molar-refractivity contribution < 1.29 is 4.52 Å². The quantitative estimate of drug-likeness (QED) is 0.905. The monoisotopic (exact) mass is 266 g/mol. The Kier molecular flexibility index (Phi) is 4.26. The van der Waals surface area contributed by atoms with Crippen LogP contribution in [0.3, 0.4) is 0 Å². The second-order valence-corrected chi connectivity index (χ2v) is 6.72. The summed E-state index contributed by atoms with van der Waals surface area (Å²) < 4.78 is 5.42. The molecule has 0 amide bonds. The molecule has 5 heteroatoms. The summed E-state index contributed by atoms with van der Waals surface area (Å²) in [7, 11) is 2.11. The molecule has 2 atom stereocenters. The fraction of sp³-hybridized carbons (Fsp3) is 0.857. The van der Waals surface area contributed by atoms with Crippen LogP contribution in [-0.2, 0) is 6.42 Å². The third-order valence-corrected chi connectivity index (χ3v) is 4.25. The Morgan fingerprint density at radius 2 is 2.21 bits per heavy atom. The molecule has 0 radical (unpaired) electrons. The fourth-order valence-electron chi connectivity index (χ4n) is 2.15. The van der Waals surface area contributed by atoms with Crippen LogP contribution >= 0.6 is 0 Å². The van der Waals surface area contributed by atoms with Gasteiger partial charge >= 0.3 is 0 Å². The predicted molar refractivity (Wildman–Crippen MR) is 74.9 cm³/mol. The highest BCUT2D eigenvalue weighted by Crippen LogP contribution is 2.28. The van der Waals surface area contributed by atoms with Crippen molar-refractivity contribution >= 4 is 0 Å². The van der Waals surface area contributed by atoms with E-state index in [1.54, 1.807) is 0 Å². The molecule has 0 bridgehead atoms. The van der Waals surface area contributed by atoms with E-state index in [0.29, 0.717) is 5.92 Å². The molecule has 1 N–H and O–H groups in total. The van der Waals surface area contributed by atoms with Gasteiger partial charge in [-0.15, -0.1) is 0 Å². The van der Waals surface area contributed by atoms with Gasteiger partial charge in [0.05, 0.1) is 6.04 Å². The first kappa shape index (κ1) is 14.5. The van der Waals surface area contributed by atoms with Crippen molar-refractivity contribution in [2.45, 2.75) is 40.2 Å². The van der Waals surface area contributed by atoms with Crippen LogP contribution in [0.2, 0.25) is 0 Å². The van der Waals surface area contributed by atoms with Crippen molar-refractivity contribution in [3.05, 3.63) is 11.7 Å². The number of hydrogen-bond acceptors (Lipinski definition) is 5. The standard InChI is InChI=1S/C14H26N4O/c1-10(14(2,3)4)8-12-16-13(17-19-12)11-9-15-6-7-18(11)5/h10-11,15H,6-9H2,1-5H3. The first-order valence-corrected chi connectivity index (χ1v) is 7.11. The van der Waals surface area contributed by atoms with Gasteiger partial charge in [0, 0.05) is 26.1 Å². The average Bonchev–Trinajstić information content (AvgIpc) is 2.76. The van der Waals surface area contributed by atoms with Crippen LogP contribution in [0.15, 0.2) is 4.52 Å². The number of nitrogens with zero attached hydrogens (tertiary/aromatic N) is 3. The zero-order valence-corrected chi connectivity index (χ0v) is 12.7. The van der Waals surface area contributed by atoms with E-state index in [1.165, 1.54) is 0 Å². The molecular weight excluding hydrogens is 240 g/mol. The van der Waals surface area contributed by atoms with Gasteiger partial charge in [-0.3, -0.25) is 4.90 Å². The van der Waals surface area contributed by atoms with Crippen LogP contribution in [0.4, 0.5) is 0 Å². The Hall–Kier alpha value is -0.940. The van der Waals surface area contributed by atoms with Gasteiger partial charge in [0.15, 0.2) is 5.82 Å². The molecule has 1 fully saturated rings. The SMILES string of the molecule is CC(Cc1nc(C2CNCCN2C)no1)C(C)(C)C. The summed E-state index contributed by atoms with van der Waals surface area (Å²) in [5.41, 5.74) is 0.262. The minimum absolute atomic E-state index is 0.233. The average molecular weight is 266 g/mol. The van der Waals surface area contributed by atoms with Gasteiger partial charge in [-0.25, -0.2) is 0 Å². The molecule has 1 saturated heterocycles. The van der Waals surface area contributed by atoms with Crippen LogP contribution in [0.25, 0.3) is 0 Å². The Morgan fingerprint density at radius 1 is 1.47 bits per heavy atom. The predicted octanol–water partition coefficient (Wildman–Crippen LogP) is 1.87. The third kappa shape index (κ3) is 3.54. The van der Waals surface area contributed by atoms with Crippen LogP contribution in [0.1, 0.15) is 45.5 Å². The summed E-state index contributed by atoms with van der Waals surface area (Å²) in [6.45, 7) is 11.9. The molecule has 0 aliphatic carbocycles. The maximum absolute atomic E-state index is 5.42. The van der Waals surface area contributed by atoms with Crippen molar-refractivity contribution in [1.29, 1.82) is 0 Å². The molecule has 0 saturated carbocycles. The topological polar surface area (TPSA) is 54.2 Å². The molecular formula is C14H26N4O. The van der Waals surface area contributed by atoms with Crippen LogP contribution < -0.4 is 5.32 Å². The lowest BCUT2D eigenvalue weighted by molar-refractivity contribution is 0.190. The zero-order chi connectivity index (χ0) is 14.0. The van der Waals surface area contributed by atoms with Crippen molar-refractivity contribution in [3.63, 3.8) is 0 Å². The molecule has 0 aromatic carbocycles. The summed E-state index contributed by atoms with van der Waals surface area (Å²) in [5, 5.41) is 7.53. The minimum Gasteiger partial charge on any atom is -0.339 e. The minimum atomic E-state index is 0.233. The van der Waals surface area contributed by atoms with Gasteiger partial charge in [-0.1, -0.05) is 32.9 Å². The van der Waals surface area contributed by atoms with E-state index in [-0.39, 0.29) is 11.5 Å². The normalized spacial score (nSPS) is 23.5. The smallest absolute Gasteiger partial charge is 0.226 e. The van der Waals surface area contributed by atoms with Gasteiger partial charge in [-0.05, 0) is 18.4 Å². The molecule has 19 heavy (non-hydrogen) atoms. The molecule has 0 spiro atoms. The summed E-state index contributed by atoms with van der Waals surface area (Å²) in [6, 6.07) is 0.233. The van der Waals surface area contributed by atoms with Gasteiger partial charge in [0.2, 0.25) is 5.89 Å². The summed E-state index contributed by atoms with van der Waals surface area (Å²) >= 11 is 0. The lowest BCUT2D eigenvalue weighted by Gasteiger charge is -2.30. The van der Waals surface area contributed by atoms with E-state index in [9.17, 15) is 0 Å². The van der Waals surface area contributed by atoms with Crippen molar-refractivity contribution in [2.75, 3.05) is 26.7 Å². The molecule has 1 aliphatic rings. The van der Waals surface area contributed by atoms with E-state index < -0.39 is 0 Å². The van der Waals surface area contributed by atoms with E-state index in [0.717, 1.165) is 37.8 Å². The van der Waals surface area contributed by atoms with Gasteiger partial charge in [-0.2, -0.15) is 4.98 Å². The first-order valence-electron chi connectivity index (χ1n) is 7.11. The second-order valence-electron chi connectivity index (χ2n) is 6.72. The second kappa shape index (κ2) is 5.59. The van der Waals surface area contributed by atoms with E-state index in [4.69, 9.17) is 4.52 Å². The van der Waals surface area contributed by atoms with Gasteiger partial charge in [0.1, 0.15) is 0 Å². The number of nitrogens with one attached hydrogen (secondary N) is 1. The van der Waals surface area contributed by atoms with Crippen LogP contribution in [0, 0.1) is 11.3 Å². The summed E-state index contributed by atoms with van der Waals surface area (Å²) in [4.78, 5) is 6.85. The molecule has 2 rings (SSSR count). The Bertz CT molecular complexity index is 410. The largest absolute Gasteiger partial charge is 0.339 e. The Morgan fingerprint density at radius 3 is 2.84 bits per heavy atom. The van der Waals surface area contributed by atoms with E-state index in [2.05, 4.69) is 55.1 Å². The van der Waals surface area contributed by atoms with E-state index in [1.807, 2.05) is 0 Å². The fourth-order valence-corrected chi connectivity index (χ4v) is 2.15. The number of aromatic nitrogens is 2. The zero-order valence-electron chi connectivity index (χ0n) is 12.7. The Balaban J connectivity index is 2.02. The number of likely N-dealkylation sites (N-methyl/N-ethyl adjacent to an activating group) is 1. The Labute approximate surface area is 115 Å². The molecule has 1 aromatic heterocycles. The van der Waals surface area contributed by atoms with Crippen LogP contribution in [-0.4, -0.2) is 41.7 Å². The molecule has 5 nitrogen and oxygen atoms in total. The highest BCUT2D eigenvalue weighted by molar-refractivity contribution is 4.98. The van der Waals surface area contributed by atoms with Crippen molar-refractivity contribution in [2.24, 2.45) is 11.3 Å². The highest BCUT2D eigenvalue weighted by Gasteiger charge is 2.27. The van der Waals surface area contributed by atoms with Crippen molar-refractivity contribution in [3.8, 4) is 0 Å². The number of rotatable bonds is 3. The maximum atomic E-state index is 5.42. The molecule has 2 unspecified atom stereocenters. The maximum Gasteiger partial charge on any atom is 0.226 e. The van der Waals surface area contributed by atoms with Crippen LogP contribution in [0.5, 0.6) is 0 Å². The lowest BCUT2D eigenvalue weighted by atomic mass is 9.80. The lowest BCUT2D eigenvalue weighted by Crippen LogP contribution is -2.44. The van der Waals surface area contributed by atoms with E-state index >= 15 is 0 Å². The summed E-state index contributed by atoms with van der Waals surface area (Å²) in [6.07, 6.45) is 0.848. The third-order valence-electron chi connectivity index (χ3n) is 4.25. The number of piperazine rings is 1. The van der Waals surface area contributed by atoms with Crippen molar-refractivity contribution in [1.82, 2.24) is 20.4 Å². The molecule has 1 aromatic rings. The van der Waals surface area contributed by atoms with Gasteiger partial charge < -0.3 is 9.84 Å².